The lowest BCUT2D eigenvalue weighted by Crippen LogP contribution is -2.42. The topological polar surface area (TPSA) is 135 Å². The van der Waals surface area contributed by atoms with E-state index in [-0.39, 0.29) is 16.5 Å². The molecule has 0 bridgehead atoms. The number of hydrogen-bond acceptors (Lipinski definition) is 6. The summed E-state index contributed by atoms with van der Waals surface area (Å²) in [5.74, 6) is -1.29. The summed E-state index contributed by atoms with van der Waals surface area (Å²) < 4.78 is 0. The number of rotatable bonds is 5. The molecule has 0 spiro atoms. The lowest BCUT2D eigenvalue weighted by molar-refractivity contribution is -0.384. The second-order valence-electron chi connectivity index (χ2n) is 6.14. The number of urea groups is 1. The van der Waals surface area contributed by atoms with Gasteiger partial charge in [-0.3, -0.25) is 24.6 Å². The number of imide groups is 1. The van der Waals surface area contributed by atoms with Crippen molar-refractivity contribution >= 4 is 40.8 Å². The van der Waals surface area contributed by atoms with Crippen LogP contribution >= 0.6 is 11.6 Å². The van der Waals surface area contributed by atoms with Crippen LogP contribution in [0.4, 0.5) is 16.2 Å². The maximum Gasteiger partial charge on any atom is 0.325 e. The quantitative estimate of drug-likeness (QED) is 0.339. The van der Waals surface area contributed by atoms with Crippen LogP contribution in [0.1, 0.15) is 12.5 Å². The number of non-ortho nitro benzene ring substituents is 1. The van der Waals surface area contributed by atoms with Crippen molar-refractivity contribution in [3.8, 4) is 0 Å². The molecular weight excluding hydrogens is 390 g/mol. The second-order valence-corrected chi connectivity index (χ2v) is 6.50. The van der Waals surface area contributed by atoms with Gasteiger partial charge in [-0.05, 0) is 36.8 Å². The van der Waals surface area contributed by atoms with E-state index >= 15 is 0 Å². The fraction of sp³-hybridized carbons (Fsp3) is 0.176. The van der Waals surface area contributed by atoms with E-state index < -0.39 is 34.9 Å². The molecule has 2 aromatic rings. The highest BCUT2D eigenvalue weighted by molar-refractivity contribution is 6.32. The molecule has 0 radical (unpaired) electrons. The average molecular weight is 404 g/mol. The molecule has 144 valence electrons. The number of halogens is 1. The minimum atomic E-state index is -1.45. The number of nitro groups is 1. The van der Waals surface area contributed by atoms with Crippen LogP contribution in [-0.4, -0.2) is 39.2 Å². The molecule has 0 saturated carbocycles. The van der Waals surface area contributed by atoms with Crippen LogP contribution < -0.4 is 10.6 Å². The zero-order valence-electron chi connectivity index (χ0n) is 14.5. The largest absolute Gasteiger partial charge is 0.325 e. The smallest absolute Gasteiger partial charge is 0.322 e. The van der Waals surface area contributed by atoms with E-state index in [1.807, 2.05) is 0 Å². The van der Waals surface area contributed by atoms with Gasteiger partial charge in [0.15, 0.2) is 5.15 Å². The molecule has 1 saturated heterocycles. The number of nitrogens with one attached hydrogen (secondary N) is 2. The Kier molecular flexibility index (Phi) is 4.97. The van der Waals surface area contributed by atoms with E-state index in [0.29, 0.717) is 5.56 Å². The highest BCUT2D eigenvalue weighted by Crippen LogP contribution is 2.30. The summed E-state index contributed by atoms with van der Waals surface area (Å²) in [7, 11) is 0. The van der Waals surface area contributed by atoms with Gasteiger partial charge in [0.25, 0.3) is 11.6 Å². The van der Waals surface area contributed by atoms with E-state index in [2.05, 4.69) is 15.6 Å². The zero-order valence-corrected chi connectivity index (χ0v) is 15.3. The van der Waals surface area contributed by atoms with Gasteiger partial charge < -0.3 is 10.6 Å². The highest BCUT2D eigenvalue weighted by Gasteiger charge is 2.49. The maximum absolute atomic E-state index is 12.8. The Hall–Kier alpha value is -3.53. The minimum absolute atomic E-state index is 0.0729. The lowest BCUT2D eigenvalue weighted by atomic mass is 9.92. The molecule has 2 heterocycles. The Morgan fingerprint density at radius 3 is 2.61 bits per heavy atom. The Morgan fingerprint density at radius 2 is 2.00 bits per heavy atom. The van der Waals surface area contributed by atoms with Crippen LogP contribution in [0.3, 0.4) is 0 Å². The molecule has 1 aliphatic rings. The molecule has 28 heavy (non-hydrogen) atoms. The number of carbonyl (C=O) groups excluding carboxylic acids is 3. The number of nitrogens with zero attached hydrogens (tertiary/aromatic N) is 3. The Balaban J connectivity index is 1.76. The summed E-state index contributed by atoms with van der Waals surface area (Å²) in [5.41, 5.74) is -0.985. The summed E-state index contributed by atoms with van der Waals surface area (Å²) in [6.07, 6.45) is 1.45. The monoisotopic (exact) mass is 403 g/mol. The number of benzene rings is 1. The summed E-state index contributed by atoms with van der Waals surface area (Å²) in [6.45, 7) is 0.933. The van der Waals surface area contributed by atoms with Gasteiger partial charge in [-0.25, -0.2) is 9.78 Å². The first-order chi connectivity index (χ1) is 13.2. The molecule has 10 nitrogen and oxygen atoms in total. The molecular formula is C17H14ClN5O5. The molecule has 0 unspecified atom stereocenters. The number of amides is 4. The van der Waals surface area contributed by atoms with Gasteiger partial charge in [0.1, 0.15) is 12.1 Å². The van der Waals surface area contributed by atoms with Crippen molar-refractivity contribution in [3.63, 3.8) is 0 Å². The third kappa shape index (κ3) is 3.49. The van der Waals surface area contributed by atoms with E-state index in [9.17, 15) is 24.5 Å². The number of hydrogen-bond donors (Lipinski definition) is 2. The maximum atomic E-state index is 12.8. The molecule has 1 aliphatic heterocycles. The first-order valence-corrected chi connectivity index (χ1v) is 8.39. The predicted octanol–water partition coefficient (Wildman–Crippen LogP) is 2.05. The molecule has 2 N–H and O–H groups in total. The number of pyridine rings is 1. The second kappa shape index (κ2) is 7.24. The van der Waals surface area contributed by atoms with Crippen LogP contribution in [0.15, 0.2) is 42.6 Å². The van der Waals surface area contributed by atoms with Gasteiger partial charge in [0, 0.05) is 18.3 Å². The van der Waals surface area contributed by atoms with Crippen molar-refractivity contribution in [2.24, 2.45) is 0 Å². The lowest BCUT2D eigenvalue weighted by Gasteiger charge is -2.22. The molecule has 3 rings (SSSR count). The third-order valence-corrected chi connectivity index (χ3v) is 4.57. The van der Waals surface area contributed by atoms with Crippen molar-refractivity contribution < 1.29 is 19.3 Å². The first-order valence-electron chi connectivity index (χ1n) is 8.02. The molecule has 4 amide bonds. The normalized spacial score (nSPS) is 18.7. The summed E-state index contributed by atoms with van der Waals surface area (Å²) in [6, 6.07) is 7.59. The van der Waals surface area contributed by atoms with Gasteiger partial charge in [-0.15, -0.1) is 0 Å². The fourth-order valence-electron chi connectivity index (χ4n) is 2.77. The number of anilines is 1. The molecule has 1 aromatic carbocycles. The number of aromatic nitrogens is 1. The number of carbonyl (C=O) groups is 3. The SMILES string of the molecule is C[C@@]1(c2ccc([N+](=O)[O-])cc2)NC(=O)N(CC(=O)Nc2cccnc2Cl)C1=O. The van der Waals surface area contributed by atoms with E-state index in [1.165, 1.54) is 43.5 Å². The molecule has 1 aromatic heterocycles. The third-order valence-electron chi connectivity index (χ3n) is 4.27. The fourth-order valence-corrected chi connectivity index (χ4v) is 2.93. The van der Waals surface area contributed by atoms with Crippen molar-refractivity contribution in [3.05, 3.63) is 63.4 Å². The molecule has 11 heteroatoms. The van der Waals surface area contributed by atoms with Gasteiger partial charge in [0.05, 0.1) is 10.6 Å². The molecule has 1 atom stereocenters. The van der Waals surface area contributed by atoms with Crippen molar-refractivity contribution in [2.45, 2.75) is 12.5 Å². The predicted molar refractivity (Wildman–Crippen MR) is 98.6 cm³/mol. The van der Waals surface area contributed by atoms with E-state index in [4.69, 9.17) is 11.6 Å². The minimum Gasteiger partial charge on any atom is -0.322 e. The number of nitro benzene ring substituents is 1. The van der Waals surface area contributed by atoms with Crippen LogP contribution in [0, 0.1) is 10.1 Å². The Labute approximate surface area is 163 Å². The van der Waals surface area contributed by atoms with Crippen LogP contribution in [0.2, 0.25) is 5.15 Å². The highest BCUT2D eigenvalue weighted by atomic mass is 35.5. The van der Waals surface area contributed by atoms with Crippen molar-refractivity contribution in [2.75, 3.05) is 11.9 Å². The van der Waals surface area contributed by atoms with Crippen molar-refractivity contribution in [1.29, 1.82) is 0 Å². The van der Waals surface area contributed by atoms with Crippen LogP contribution in [-0.2, 0) is 15.1 Å². The standard InChI is InChI=1S/C17H14ClN5O5/c1-17(10-4-6-11(7-5-10)23(27)28)15(25)22(16(26)21-17)9-13(24)20-12-3-2-8-19-14(12)18/h2-8H,9H2,1H3,(H,20,24)(H,21,26)/t17-/m0/s1. The van der Waals surface area contributed by atoms with E-state index in [0.717, 1.165) is 4.90 Å². The summed E-state index contributed by atoms with van der Waals surface area (Å²) >= 11 is 5.87. The van der Waals surface area contributed by atoms with Crippen LogP contribution in [0.5, 0.6) is 0 Å². The molecule has 1 fully saturated rings. The first kappa shape index (κ1) is 19.2. The Bertz CT molecular complexity index is 980. The van der Waals surface area contributed by atoms with Crippen molar-refractivity contribution in [1.82, 2.24) is 15.2 Å². The zero-order chi connectivity index (χ0) is 20.5. The van der Waals surface area contributed by atoms with Gasteiger partial charge in [-0.2, -0.15) is 0 Å². The van der Waals surface area contributed by atoms with Gasteiger partial charge >= 0.3 is 6.03 Å². The molecule has 0 aliphatic carbocycles. The summed E-state index contributed by atoms with van der Waals surface area (Å²) in [4.78, 5) is 52.1. The van der Waals surface area contributed by atoms with Gasteiger partial charge in [0.2, 0.25) is 5.91 Å². The van der Waals surface area contributed by atoms with Crippen LogP contribution in [0.25, 0.3) is 0 Å². The summed E-state index contributed by atoms with van der Waals surface area (Å²) in [5, 5.41) is 15.9. The van der Waals surface area contributed by atoms with E-state index in [1.54, 1.807) is 6.07 Å². The van der Waals surface area contributed by atoms with Gasteiger partial charge in [-0.1, -0.05) is 11.6 Å². The average Bonchev–Trinajstić information content (AvgIpc) is 2.88. The Morgan fingerprint density at radius 1 is 1.32 bits per heavy atom.